The molecule has 1 fully saturated rings. The van der Waals surface area contributed by atoms with Crippen LogP contribution in [0, 0.1) is 12.7 Å². The lowest BCUT2D eigenvalue weighted by Gasteiger charge is -2.39. The molecule has 0 spiro atoms. The van der Waals surface area contributed by atoms with E-state index in [4.69, 9.17) is 11.6 Å². The van der Waals surface area contributed by atoms with Crippen LogP contribution < -0.4 is 4.90 Å². The lowest BCUT2D eigenvalue weighted by Crippen LogP contribution is -2.57. The van der Waals surface area contributed by atoms with Gasteiger partial charge < -0.3 is 9.80 Å². The minimum Gasteiger partial charge on any atom is -0.325 e. The quantitative estimate of drug-likeness (QED) is 0.820. The number of nitrogens with zero attached hydrogens (tertiary/aromatic N) is 2. The fraction of sp³-hybridized carbons (Fsp3) is 0.263. The fourth-order valence-electron chi connectivity index (χ4n) is 2.92. The van der Waals surface area contributed by atoms with Crippen molar-refractivity contribution in [3.63, 3.8) is 0 Å². The summed E-state index contributed by atoms with van der Waals surface area (Å²) in [4.78, 5) is 28.5. The minimum absolute atomic E-state index is 0.0314. The number of aryl methyl sites for hydroxylation is 1. The molecule has 0 aliphatic carbocycles. The van der Waals surface area contributed by atoms with Gasteiger partial charge in [-0.3, -0.25) is 9.59 Å². The third kappa shape index (κ3) is 3.37. The van der Waals surface area contributed by atoms with E-state index >= 15 is 0 Å². The van der Waals surface area contributed by atoms with Crippen LogP contribution in [0.15, 0.2) is 42.5 Å². The normalized spacial score (nSPS) is 17.8. The number of halogens is 2. The lowest BCUT2D eigenvalue weighted by molar-refractivity contribution is -0.124. The molecular weight excluding hydrogens is 343 g/mol. The van der Waals surface area contributed by atoms with Crippen LogP contribution in [0.5, 0.6) is 0 Å². The van der Waals surface area contributed by atoms with Gasteiger partial charge in [0.05, 0.1) is 5.02 Å². The van der Waals surface area contributed by atoms with Crippen LogP contribution in [-0.2, 0) is 4.79 Å². The average molecular weight is 361 g/mol. The van der Waals surface area contributed by atoms with Crippen molar-refractivity contribution in [2.24, 2.45) is 0 Å². The molecule has 2 aromatic carbocycles. The monoisotopic (exact) mass is 360 g/mol. The van der Waals surface area contributed by atoms with Gasteiger partial charge in [0.2, 0.25) is 5.91 Å². The number of hydrogen-bond acceptors (Lipinski definition) is 2. The molecule has 0 bridgehead atoms. The summed E-state index contributed by atoms with van der Waals surface area (Å²) in [5, 5.41) is -0.0314. The summed E-state index contributed by atoms with van der Waals surface area (Å²) in [6.07, 6.45) is 0. The van der Waals surface area contributed by atoms with Crippen LogP contribution in [-0.4, -0.2) is 35.8 Å². The van der Waals surface area contributed by atoms with Crippen LogP contribution in [0.3, 0.4) is 0 Å². The van der Waals surface area contributed by atoms with Gasteiger partial charge in [-0.1, -0.05) is 29.3 Å². The third-order valence-corrected chi connectivity index (χ3v) is 4.72. The lowest BCUT2D eigenvalue weighted by atomic mass is 10.1. The highest BCUT2D eigenvalue weighted by molar-refractivity contribution is 6.31. The zero-order chi connectivity index (χ0) is 18.1. The average Bonchev–Trinajstić information content (AvgIpc) is 2.60. The van der Waals surface area contributed by atoms with Gasteiger partial charge in [-0.2, -0.15) is 0 Å². The maximum absolute atomic E-state index is 13.3. The summed E-state index contributed by atoms with van der Waals surface area (Å²) in [5.74, 6) is -0.911. The van der Waals surface area contributed by atoms with E-state index in [0.717, 1.165) is 5.56 Å². The molecule has 1 heterocycles. The molecule has 0 saturated carbocycles. The van der Waals surface area contributed by atoms with Crippen molar-refractivity contribution in [3.8, 4) is 0 Å². The van der Waals surface area contributed by atoms with Gasteiger partial charge in [-0.25, -0.2) is 4.39 Å². The topological polar surface area (TPSA) is 40.6 Å². The van der Waals surface area contributed by atoms with Gasteiger partial charge in [-0.05, 0) is 44.2 Å². The highest BCUT2D eigenvalue weighted by Crippen LogP contribution is 2.26. The number of carbonyl (C=O) groups is 2. The van der Waals surface area contributed by atoms with Gasteiger partial charge in [-0.15, -0.1) is 0 Å². The number of benzene rings is 2. The zero-order valence-electron chi connectivity index (χ0n) is 14.0. The van der Waals surface area contributed by atoms with Crippen molar-refractivity contribution < 1.29 is 14.0 Å². The smallest absolute Gasteiger partial charge is 0.254 e. The Bertz CT molecular complexity index is 823. The Hall–Kier alpha value is -2.40. The molecule has 25 heavy (non-hydrogen) atoms. The van der Waals surface area contributed by atoms with E-state index in [9.17, 15) is 14.0 Å². The van der Waals surface area contributed by atoms with E-state index in [0.29, 0.717) is 24.3 Å². The van der Waals surface area contributed by atoms with Crippen molar-refractivity contribution in [2.45, 2.75) is 19.9 Å². The molecule has 2 aromatic rings. The number of rotatable bonds is 2. The largest absolute Gasteiger partial charge is 0.325 e. The molecule has 0 aromatic heterocycles. The molecule has 0 unspecified atom stereocenters. The van der Waals surface area contributed by atoms with E-state index in [-0.39, 0.29) is 16.8 Å². The Labute approximate surface area is 150 Å². The SMILES string of the molecule is Cc1ccc(C(=O)N2CCN(c3ccc(F)c(Cl)c3)C(=O)[C@@H]2C)cc1. The standard InChI is InChI=1S/C19H18ClFN2O2/c1-12-3-5-14(6-4-12)19(25)22-9-10-23(18(24)13(22)2)15-7-8-17(21)16(20)11-15/h3-8,11,13H,9-10H2,1-2H3/t13-/m0/s1. The Morgan fingerprint density at radius 1 is 1.16 bits per heavy atom. The summed E-state index contributed by atoms with van der Waals surface area (Å²) in [6.45, 7) is 4.38. The molecule has 6 heteroatoms. The molecule has 0 N–H and O–H groups in total. The van der Waals surface area contributed by atoms with Crippen LogP contribution >= 0.6 is 11.6 Å². The zero-order valence-corrected chi connectivity index (χ0v) is 14.8. The fourth-order valence-corrected chi connectivity index (χ4v) is 3.09. The van der Waals surface area contributed by atoms with Crippen molar-refractivity contribution in [1.82, 2.24) is 4.90 Å². The molecule has 1 atom stereocenters. The van der Waals surface area contributed by atoms with Gasteiger partial charge in [0.25, 0.3) is 5.91 Å². The Balaban J connectivity index is 1.80. The van der Waals surface area contributed by atoms with Crippen LogP contribution in [0.4, 0.5) is 10.1 Å². The second-order valence-corrected chi connectivity index (χ2v) is 6.54. The van der Waals surface area contributed by atoms with Gasteiger partial charge in [0, 0.05) is 24.3 Å². The molecule has 0 radical (unpaired) electrons. The summed E-state index contributed by atoms with van der Waals surface area (Å²) in [7, 11) is 0. The van der Waals surface area contributed by atoms with E-state index in [1.165, 1.54) is 23.1 Å². The van der Waals surface area contributed by atoms with Crippen molar-refractivity contribution >= 4 is 29.1 Å². The molecule has 1 aliphatic heterocycles. The Morgan fingerprint density at radius 3 is 2.48 bits per heavy atom. The van der Waals surface area contributed by atoms with Crippen LogP contribution in [0.2, 0.25) is 5.02 Å². The number of carbonyl (C=O) groups excluding carboxylic acids is 2. The van der Waals surface area contributed by atoms with Crippen molar-refractivity contribution in [1.29, 1.82) is 0 Å². The predicted molar refractivity (Wildman–Crippen MR) is 95.4 cm³/mol. The second kappa shape index (κ2) is 6.84. The van der Waals surface area contributed by atoms with E-state index < -0.39 is 11.9 Å². The third-order valence-electron chi connectivity index (χ3n) is 4.43. The van der Waals surface area contributed by atoms with Crippen molar-refractivity contribution in [3.05, 3.63) is 64.4 Å². The first kappa shape index (κ1) is 17.4. The molecule has 1 saturated heterocycles. The van der Waals surface area contributed by atoms with E-state index in [2.05, 4.69) is 0 Å². The maximum Gasteiger partial charge on any atom is 0.254 e. The van der Waals surface area contributed by atoms with Gasteiger partial charge in [0.15, 0.2) is 0 Å². The maximum atomic E-state index is 13.3. The van der Waals surface area contributed by atoms with Gasteiger partial charge >= 0.3 is 0 Å². The molecule has 1 aliphatic rings. The Kier molecular flexibility index (Phi) is 4.77. The number of anilines is 1. The number of piperazine rings is 1. The summed E-state index contributed by atoms with van der Waals surface area (Å²) < 4.78 is 13.3. The summed E-state index contributed by atoms with van der Waals surface area (Å²) in [6, 6.07) is 10.8. The summed E-state index contributed by atoms with van der Waals surface area (Å²) in [5.41, 5.74) is 2.16. The molecule has 2 amide bonds. The van der Waals surface area contributed by atoms with E-state index in [1.54, 1.807) is 24.0 Å². The predicted octanol–water partition coefficient (Wildman–Crippen LogP) is 3.67. The molecule has 130 valence electrons. The molecule has 4 nitrogen and oxygen atoms in total. The summed E-state index contributed by atoms with van der Waals surface area (Å²) >= 11 is 5.81. The second-order valence-electron chi connectivity index (χ2n) is 6.13. The number of hydrogen-bond donors (Lipinski definition) is 0. The van der Waals surface area contributed by atoms with Crippen LogP contribution in [0.25, 0.3) is 0 Å². The highest BCUT2D eigenvalue weighted by Gasteiger charge is 2.35. The molecule has 3 rings (SSSR count). The van der Waals surface area contributed by atoms with Crippen molar-refractivity contribution in [2.75, 3.05) is 18.0 Å². The first-order chi connectivity index (χ1) is 11.9. The first-order valence-corrected chi connectivity index (χ1v) is 8.40. The van der Waals surface area contributed by atoms with Crippen LogP contribution in [0.1, 0.15) is 22.8 Å². The van der Waals surface area contributed by atoms with Gasteiger partial charge in [0.1, 0.15) is 11.9 Å². The van der Waals surface area contributed by atoms with E-state index in [1.807, 2.05) is 19.1 Å². The highest BCUT2D eigenvalue weighted by atomic mass is 35.5. The molecular formula is C19H18ClFN2O2. The number of amides is 2. The first-order valence-electron chi connectivity index (χ1n) is 8.02. The Morgan fingerprint density at radius 2 is 1.84 bits per heavy atom. The minimum atomic E-state index is -0.605.